The van der Waals surface area contributed by atoms with Crippen molar-refractivity contribution in [1.82, 2.24) is 0 Å². The second-order valence-corrected chi connectivity index (χ2v) is 4.30. The van der Waals surface area contributed by atoms with Crippen LogP contribution in [0.1, 0.15) is 12.7 Å². The molecule has 0 unspecified atom stereocenters. The van der Waals surface area contributed by atoms with E-state index in [1.807, 2.05) is 0 Å². The van der Waals surface area contributed by atoms with Crippen molar-refractivity contribution in [2.75, 3.05) is 6.61 Å². The topological polar surface area (TPSA) is 61.0 Å². The molecular formula is C14H12ClNO4. The molecule has 6 heteroatoms. The minimum absolute atomic E-state index is 0.240. The molecule has 0 radical (unpaired) electrons. The third kappa shape index (κ3) is 4.13. The van der Waals surface area contributed by atoms with Gasteiger partial charge in [0, 0.05) is 5.02 Å². The van der Waals surface area contributed by atoms with Crippen molar-refractivity contribution in [1.29, 1.82) is 0 Å². The van der Waals surface area contributed by atoms with E-state index in [9.17, 15) is 4.79 Å². The summed E-state index contributed by atoms with van der Waals surface area (Å²) in [7, 11) is 0. The number of nitrogens with zero attached hydrogens (tertiary/aromatic N) is 1. The SMILES string of the molecule is C/C(=N/OC(=O)COc1ccc(Cl)cc1)c1ccco1. The van der Waals surface area contributed by atoms with E-state index in [1.165, 1.54) is 6.26 Å². The Morgan fingerprint density at radius 1 is 1.30 bits per heavy atom. The van der Waals surface area contributed by atoms with Gasteiger partial charge in [-0.05, 0) is 43.3 Å². The van der Waals surface area contributed by atoms with Gasteiger partial charge in [-0.1, -0.05) is 16.8 Å². The molecule has 5 nitrogen and oxygen atoms in total. The van der Waals surface area contributed by atoms with E-state index < -0.39 is 5.97 Å². The van der Waals surface area contributed by atoms with E-state index in [1.54, 1.807) is 43.3 Å². The lowest BCUT2D eigenvalue weighted by Gasteiger charge is -2.04. The van der Waals surface area contributed by atoms with Crippen molar-refractivity contribution in [3.05, 3.63) is 53.4 Å². The standard InChI is InChI=1S/C14H12ClNO4/c1-10(13-3-2-8-18-13)16-20-14(17)9-19-12-6-4-11(15)5-7-12/h2-8H,9H2,1H3/b16-10-. The first-order chi connectivity index (χ1) is 9.65. The normalized spacial score (nSPS) is 11.2. The smallest absolute Gasteiger partial charge is 0.372 e. The largest absolute Gasteiger partial charge is 0.482 e. The Morgan fingerprint density at radius 2 is 2.05 bits per heavy atom. The highest BCUT2D eigenvalue weighted by Crippen LogP contribution is 2.15. The number of halogens is 1. The molecule has 1 aromatic heterocycles. The van der Waals surface area contributed by atoms with Gasteiger partial charge in [0.05, 0.1) is 6.26 Å². The van der Waals surface area contributed by atoms with Crippen LogP contribution < -0.4 is 4.74 Å². The zero-order valence-electron chi connectivity index (χ0n) is 10.7. The lowest BCUT2D eigenvalue weighted by Crippen LogP contribution is -2.13. The summed E-state index contributed by atoms with van der Waals surface area (Å²) in [6.45, 7) is 1.43. The van der Waals surface area contributed by atoms with E-state index in [0.717, 1.165) is 0 Å². The molecule has 0 amide bonds. The number of carbonyl (C=O) groups is 1. The zero-order chi connectivity index (χ0) is 14.4. The van der Waals surface area contributed by atoms with Gasteiger partial charge in [0.2, 0.25) is 0 Å². The van der Waals surface area contributed by atoms with Gasteiger partial charge in [0.1, 0.15) is 11.5 Å². The molecule has 0 saturated heterocycles. The molecule has 0 saturated carbocycles. The van der Waals surface area contributed by atoms with Crippen LogP contribution in [0.15, 0.2) is 52.2 Å². The quantitative estimate of drug-likeness (QED) is 0.482. The number of rotatable bonds is 5. The molecule has 2 aromatic rings. The molecular weight excluding hydrogens is 282 g/mol. The number of hydrogen-bond acceptors (Lipinski definition) is 5. The van der Waals surface area contributed by atoms with Gasteiger partial charge in [-0.25, -0.2) is 4.79 Å². The van der Waals surface area contributed by atoms with Crippen LogP contribution in [0.2, 0.25) is 5.02 Å². The number of furan rings is 1. The highest BCUT2D eigenvalue weighted by molar-refractivity contribution is 6.30. The number of benzene rings is 1. The van der Waals surface area contributed by atoms with Crippen molar-refractivity contribution in [2.45, 2.75) is 6.92 Å². The lowest BCUT2D eigenvalue weighted by molar-refractivity contribution is -0.146. The van der Waals surface area contributed by atoms with Gasteiger partial charge in [-0.3, -0.25) is 0 Å². The first kappa shape index (κ1) is 14.1. The highest BCUT2D eigenvalue weighted by atomic mass is 35.5. The summed E-state index contributed by atoms with van der Waals surface area (Å²) in [5.41, 5.74) is 0.467. The second kappa shape index (κ2) is 6.77. The summed E-state index contributed by atoms with van der Waals surface area (Å²) < 4.78 is 10.3. The third-order valence-electron chi connectivity index (χ3n) is 2.33. The summed E-state index contributed by atoms with van der Waals surface area (Å²) in [5, 5.41) is 4.26. The second-order valence-electron chi connectivity index (χ2n) is 3.86. The average Bonchev–Trinajstić information content (AvgIpc) is 2.98. The van der Waals surface area contributed by atoms with Crippen LogP contribution in [0.5, 0.6) is 5.75 Å². The molecule has 0 atom stereocenters. The summed E-state index contributed by atoms with van der Waals surface area (Å²) in [5.74, 6) is 0.459. The maximum atomic E-state index is 11.4. The molecule has 1 aromatic carbocycles. The van der Waals surface area contributed by atoms with Crippen LogP contribution in [-0.2, 0) is 9.63 Å². The van der Waals surface area contributed by atoms with E-state index in [4.69, 9.17) is 25.6 Å². The van der Waals surface area contributed by atoms with Gasteiger partial charge < -0.3 is 14.0 Å². The molecule has 20 heavy (non-hydrogen) atoms. The van der Waals surface area contributed by atoms with Gasteiger partial charge in [-0.2, -0.15) is 0 Å². The summed E-state index contributed by atoms with van der Waals surface area (Å²) in [6.07, 6.45) is 1.51. The van der Waals surface area contributed by atoms with E-state index >= 15 is 0 Å². The van der Waals surface area contributed by atoms with Crippen molar-refractivity contribution in [3.8, 4) is 5.75 Å². The monoisotopic (exact) mass is 293 g/mol. The minimum Gasteiger partial charge on any atom is -0.482 e. The van der Waals surface area contributed by atoms with Gasteiger partial charge >= 0.3 is 5.97 Å². The average molecular weight is 294 g/mol. The highest BCUT2D eigenvalue weighted by Gasteiger charge is 2.06. The van der Waals surface area contributed by atoms with Crippen molar-refractivity contribution in [3.63, 3.8) is 0 Å². The number of oxime groups is 1. The summed E-state index contributed by atoms with van der Waals surface area (Å²) in [6, 6.07) is 10.1. The fraction of sp³-hybridized carbons (Fsp3) is 0.143. The molecule has 2 rings (SSSR count). The summed E-state index contributed by atoms with van der Waals surface area (Å²) >= 11 is 5.73. The van der Waals surface area contributed by atoms with Crippen LogP contribution in [0.25, 0.3) is 0 Å². The first-order valence-electron chi connectivity index (χ1n) is 5.82. The predicted molar refractivity (Wildman–Crippen MR) is 74.0 cm³/mol. The lowest BCUT2D eigenvalue weighted by atomic mass is 10.3. The van der Waals surface area contributed by atoms with Crippen molar-refractivity contribution < 1.29 is 18.8 Å². The van der Waals surface area contributed by atoms with Gasteiger partial charge in [0.15, 0.2) is 12.4 Å². The number of ether oxygens (including phenoxy) is 1. The molecule has 0 aliphatic heterocycles. The Labute approximate surface area is 120 Å². The van der Waals surface area contributed by atoms with Gasteiger partial charge in [-0.15, -0.1) is 0 Å². The zero-order valence-corrected chi connectivity index (χ0v) is 11.5. The molecule has 0 N–H and O–H groups in total. The Balaban J connectivity index is 1.81. The fourth-order valence-electron chi connectivity index (χ4n) is 1.35. The Bertz CT molecular complexity index is 590. The van der Waals surface area contributed by atoms with E-state index in [-0.39, 0.29) is 6.61 Å². The summed E-state index contributed by atoms with van der Waals surface area (Å²) in [4.78, 5) is 16.2. The van der Waals surface area contributed by atoms with Crippen LogP contribution in [0.3, 0.4) is 0 Å². The predicted octanol–water partition coefficient (Wildman–Crippen LogP) is 3.28. The van der Waals surface area contributed by atoms with Crippen LogP contribution >= 0.6 is 11.6 Å². The molecule has 104 valence electrons. The minimum atomic E-state index is -0.606. The molecule has 0 aliphatic carbocycles. The molecule has 0 bridgehead atoms. The third-order valence-corrected chi connectivity index (χ3v) is 2.58. The van der Waals surface area contributed by atoms with Crippen molar-refractivity contribution >= 4 is 23.3 Å². The Hall–Kier alpha value is -2.27. The van der Waals surface area contributed by atoms with E-state index in [2.05, 4.69) is 5.16 Å². The molecule has 1 heterocycles. The van der Waals surface area contributed by atoms with Crippen molar-refractivity contribution in [2.24, 2.45) is 5.16 Å². The Kier molecular flexibility index (Phi) is 4.79. The maximum Gasteiger partial charge on any atom is 0.372 e. The molecule has 0 aliphatic rings. The number of carbonyl (C=O) groups excluding carboxylic acids is 1. The Morgan fingerprint density at radius 3 is 2.70 bits per heavy atom. The van der Waals surface area contributed by atoms with Crippen LogP contribution in [0.4, 0.5) is 0 Å². The van der Waals surface area contributed by atoms with E-state index in [0.29, 0.717) is 22.2 Å². The van der Waals surface area contributed by atoms with Crippen LogP contribution in [-0.4, -0.2) is 18.3 Å². The van der Waals surface area contributed by atoms with Crippen LogP contribution in [0, 0.1) is 0 Å². The maximum absolute atomic E-state index is 11.4. The number of hydrogen-bond donors (Lipinski definition) is 0. The fourth-order valence-corrected chi connectivity index (χ4v) is 1.47. The first-order valence-corrected chi connectivity index (χ1v) is 6.19. The molecule has 0 spiro atoms. The molecule has 0 fully saturated rings. The van der Waals surface area contributed by atoms with Gasteiger partial charge in [0.25, 0.3) is 0 Å².